The fraction of sp³-hybridized carbons (Fsp3) is 0.429. The summed E-state index contributed by atoms with van der Waals surface area (Å²) in [6.45, 7) is 4.14. The number of rotatable bonds is 9. The molecule has 3 aliphatic rings. The summed E-state index contributed by atoms with van der Waals surface area (Å²) in [5.74, 6) is 0.441. The zero-order valence-corrected chi connectivity index (χ0v) is 25.6. The van der Waals surface area contributed by atoms with Crippen LogP contribution in [-0.2, 0) is 20.8 Å². The van der Waals surface area contributed by atoms with Gasteiger partial charge in [0.25, 0.3) is 0 Å². The van der Waals surface area contributed by atoms with Gasteiger partial charge in [-0.25, -0.2) is 0 Å². The zero-order chi connectivity index (χ0) is 31.3. The number of hydrogen-bond donors (Lipinski definition) is 1. The number of hydrogen-bond acceptors (Lipinski definition) is 7. The fourth-order valence-corrected chi connectivity index (χ4v) is 6.83. The van der Waals surface area contributed by atoms with Crippen molar-refractivity contribution in [2.45, 2.75) is 57.2 Å². The number of nitriles is 1. The summed E-state index contributed by atoms with van der Waals surface area (Å²) in [4.78, 5) is 45.4. The number of fused-ring (bicyclic) bond motifs is 2. The Morgan fingerprint density at radius 2 is 1.78 bits per heavy atom. The van der Waals surface area contributed by atoms with Gasteiger partial charge in [-0.3, -0.25) is 19.3 Å². The maximum absolute atomic E-state index is 13.8. The molecule has 45 heavy (non-hydrogen) atoms. The van der Waals surface area contributed by atoms with Crippen LogP contribution >= 0.6 is 0 Å². The minimum absolute atomic E-state index is 0.118. The summed E-state index contributed by atoms with van der Waals surface area (Å²) < 4.78 is 10.9. The lowest BCUT2D eigenvalue weighted by Crippen LogP contribution is -2.52. The van der Waals surface area contributed by atoms with Crippen molar-refractivity contribution in [3.63, 3.8) is 0 Å². The smallest absolute Gasteiger partial charge is 0.243 e. The zero-order valence-electron chi connectivity index (χ0n) is 25.6. The highest BCUT2D eigenvalue weighted by molar-refractivity contribution is 5.89. The van der Waals surface area contributed by atoms with Crippen LogP contribution in [0.4, 0.5) is 0 Å². The van der Waals surface area contributed by atoms with Gasteiger partial charge in [-0.05, 0) is 66.6 Å². The van der Waals surface area contributed by atoms with E-state index in [1.165, 1.54) is 21.2 Å². The molecule has 234 valence electrons. The molecule has 0 radical (unpaired) electrons. The minimum atomic E-state index is -0.448. The van der Waals surface area contributed by atoms with Crippen molar-refractivity contribution in [2.24, 2.45) is 0 Å². The Morgan fingerprint density at radius 3 is 2.60 bits per heavy atom. The SMILES string of the molecule is CC(c1cccc2ccccc12)N1CCC(N(CC(=O)NCC(=O)N2CCCC2C#N)C(=O)Cc2ccc3c(c2)OCO3)CC1. The van der Waals surface area contributed by atoms with Gasteiger partial charge in [0.1, 0.15) is 6.04 Å². The van der Waals surface area contributed by atoms with Crippen LogP contribution < -0.4 is 14.8 Å². The van der Waals surface area contributed by atoms with E-state index >= 15 is 0 Å². The third kappa shape index (κ3) is 6.74. The molecule has 0 aromatic heterocycles. The van der Waals surface area contributed by atoms with Crippen LogP contribution in [0.2, 0.25) is 0 Å². The molecule has 3 aliphatic heterocycles. The number of ether oxygens (including phenoxy) is 2. The van der Waals surface area contributed by atoms with Crippen LogP contribution in [0.1, 0.15) is 49.8 Å². The average Bonchev–Trinajstić information content (AvgIpc) is 3.75. The van der Waals surface area contributed by atoms with Crippen LogP contribution in [0, 0.1) is 11.3 Å². The van der Waals surface area contributed by atoms with Gasteiger partial charge in [0, 0.05) is 31.7 Å². The summed E-state index contributed by atoms with van der Waals surface area (Å²) in [6, 6.07) is 22.1. The Balaban J connectivity index is 1.13. The monoisotopic (exact) mass is 609 g/mol. The van der Waals surface area contributed by atoms with Crippen molar-refractivity contribution >= 4 is 28.5 Å². The second-order valence-corrected chi connectivity index (χ2v) is 12.0. The third-order valence-electron chi connectivity index (χ3n) is 9.35. The number of amides is 3. The molecular weight excluding hydrogens is 570 g/mol. The number of nitrogens with zero attached hydrogens (tertiary/aromatic N) is 4. The number of benzene rings is 3. The quantitative estimate of drug-likeness (QED) is 0.393. The number of piperidine rings is 1. The molecule has 2 atom stereocenters. The van der Waals surface area contributed by atoms with Gasteiger partial charge in [-0.2, -0.15) is 5.26 Å². The number of carbonyl (C=O) groups excluding carboxylic acids is 3. The van der Waals surface area contributed by atoms with Gasteiger partial charge in [0.2, 0.25) is 24.5 Å². The molecule has 3 aromatic carbocycles. The van der Waals surface area contributed by atoms with Crippen LogP contribution in [0.3, 0.4) is 0 Å². The largest absolute Gasteiger partial charge is 0.454 e. The second kappa shape index (κ2) is 13.6. The number of carbonyl (C=O) groups is 3. The summed E-state index contributed by atoms with van der Waals surface area (Å²) >= 11 is 0. The van der Waals surface area contributed by atoms with Crippen molar-refractivity contribution < 1.29 is 23.9 Å². The maximum Gasteiger partial charge on any atom is 0.243 e. The Kier molecular flexibility index (Phi) is 9.17. The summed E-state index contributed by atoms with van der Waals surface area (Å²) in [5, 5.41) is 14.5. The minimum Gasteiger partial charge on any atom is -0.454 e. The predicted octanol–water partition coefficient (Wildman–Crippen LogP) is 3.80. The number of nitrogens with one attached hydrogen (secondary N) is 1. The first-order valence-corrected chi connectivity index (χ1v) is 15.8. The lowest BCUT2D eigenvalue weighted by Gasteiger charge is -2.41. The standard InChI is InChI=1S/C35H39N5O5/c1-24(29-10-4-7-26-6-2-3-9-30(26)29)38-16-13-27(14-17-38)40(34(42)19-25-11-12-31-32(18-25)45-23-44-31)22-33(41)37-21-35(43)39-15-5-8-28(39)20-36/h2-4,6-7,9-12,18,24,27-28H,5,8,13-17,19,21-23H2,1H3,(H,37,41). The molecule has 0 aliphatic carbocycles. The normalized spacial score (nSPS) is 18.8. The van der Waals surface area contributed by atoms with Gasteiger partial charge in [-0.1, -0.05) is 48.5 Å². The van der Waals surface area contributed by atoms with Gasteiger partial charge in [0.05, 0.1) is 25.6 Å². The van der Waals surface area contributed by atoms with E-state index in [4.69, 9.17) is 9.47 Å². The average molecular weight is 610 g/mol. The van der Waals surface area contributed by atoms with Gasteiger partial charge < -0.3 is 24.6 Å². The van der Waals surface area contributed by atoms with Gasteiger partial charge in [-0.15, -0.1) is 0 Å². The van der Waals surface area contributed by atoms with Gasteiger partial charge >= 0.3 is 0 Å². The first-order valence-electron chi connectivity index (χ1n) is 15.8. The van der Waals surface area contributed by atoms with E-state index in [2.05, 4.69) is 65.7 Å². The van der Waals surface area contributed by atoms with Crippen molar-refractivity contribution in [2.75, 3.05) is 39.5 Å². The van der Waals surface area contributed by atoms with Crippen LogP contribution in [0.25, 0.3) is 10.8 Å². The molecule has 3 aromatic rings. The molecule has 6 rings (SSSR count). The molecule has 0 bridgehead atoms. The highest BCUT2D eigenvalue weighted by Crippen LogP contribution is 2.34. The first-order chi connectivity index (χ1) is 21.9. The lowest BCUT2D eigenvalue weighted by molar-refractivity contribution is -0.139. The van der Waals surface area contributed by atoms with E-state index in [0.29, 0.717) is 24.5 Å². The molecule has 2 saturated heterocycles. The third-order valence-corrected chi connectivity index (χ3v) is 9.35. The van der Waals surface area contributed by atoms with Crippen molar-refractivity contribution in [3.8, 4) is 17.6 Å². The highest BCUT2D eigenvalue weighted by atomic mass is 16.7. The van der Waals surface area contributed by atoms with Crippen molar-refractivity contribution in [1.82, 2.24) is 20.0 Å². The Bertz CT molecular complexity index is 1610. The Morgan fingerprint density at radius 1 is 1.00 bits per heavy atom. The van der Waals surface area contributed by atoms with E-state index in [0.717, 1.165) is 37.9 Å². The highest BCUT2D eigenvalue weighted by Gasteiger charge is 2.33. The Hall–Kier alpha value is -4.62. The van der Waals surface area contributed by atoms with Crippen LogP contribution in [0.15, 0.2) is 60.7 Å². The lowest BCUT2D eigenvalue weighted by atomic mass is 9.95. The summed E-state index contributed by atoms with van der Waals surface area (Å²) in [7, 11) is 0. The van der Waals surface area contributed by atoms with E-state index < -0.39 is 6.04 Å². The summed E-state index contributed by atoms with van der Waals surface area (Å²) in [5.41, 5.74) is 2.06. The molecular formula is C35H39N5O5. The molecule has 2 fully saturated rings. The topological polar surface area (TPSA) is 115 Å². The van der Waals surface area contributed by atoms with Gasteiger partial charge in [0.15, 0.2) is 11.5 Å². The van der Waals surface area contributed by atoms with E-state index in [-0.39, 0.29) is 56.1 Å². The molecule has 0 spiro atoms. The van der Waals surface area contributed by atoms with Crippen molar-refractivity contribution in [3.05, 3.63) is 71.8 Å². The van der Waals surface area contributed by atoms with E-state index in [1.807, 2.05) is 12.1 Å². The second-order valence-electron chi connectivity index (χ2n) is 12.0. The first kappa shape index (κ1) is 30.4. The molecule has 1 N–H and O–H groups in total. The fourth-order valence-electron chi connectivity index (χ4n) is 6.83. The van der Waals surface area contributed by atoms with E-state index in [9.17, 15) is 19.6 Å². The van der Waals surface area contributed by atoms with E-state index in [1.54, 1.807) is 11.0 Å². The summed E-state index contributed by atoms with van der Waals surface area (Å²) in [6.07, 6.45) is 3.00. The van der Waals surface area contributed by atoms with Crippen LogP contribution in [0.5, 0.6) is 11.5 Å². The molecule has 3 heterocycles. The molecule has 0 saturated carbocycles. The maximum atomic E-state index is 13.8. The molecule has 3 amide bonds. The van der Waals surface area contributed by atoms with Crippen molar-refractivity contribution in [1.29, 1.82) is 5.26 Å². The molecule has 10 heteroatoms. The predicted molar refractivity (Wildman–Crippen MR) is 168 cm³/mol. The van der Waals surface area contributed by atoms with Crippen LogP contribution in [-0.4, -0.2) is 84.0 Å². The number of likely N-dealkylation sites (tertiary alicyclic amines) is 2. The molecule has 2 unspecified atom stereocenters. The molecule has 10 nitrogen and oxygen atoms in total. The Labute approximate surface area is 263 Å².